The van der Waals surface area contributed by atoms with Crippen LogP contribution in [0, 0.1) is 10.1 Å². The Morgan fingerprint density at radius 2 is 1.94 bits per heavy atom. The van der Waals surface area contributed by atoms with Crippen molar-refractivity contribution in [2.75, 3.05) is 0 Å². The van der Waals surface area contributed by atoms with Crippen LogP contribution < -0.4 is 0 Å². The number of nitrogens with zero attached hydrogens (tertiary/aromatic N) is 1. The van der Waals surface area contributed by atoms with Crippen molar-refractivity contribution in [3.8, 4) is 0 Å². The van der Waals surface area contributed by atoms with Gasteiger partial charge in [-0.2, -0.15) is 0 Å². The van der Waals surface area contributed by atoms with Crippen molar-refractivity contribution >= 4 is 12.0 Å². The van der Waals surface area contributed by atoms with E-state index in [2.05, 4.69) is 6.58 Å². The molecule has 0 aliphatic carbocycles. The topological polar surface area (TPSA) is 60.2 Å². The van der Waals surface area contributed by atoms with Crippen molar-refractivity contribution in [3.63, 3.8) is 0 Å². The van der Waals surface area contributed by atoms with E-state index in [1.807, 2.05) is 0 Å². The second-order valence-electron chi connectivity index (χ2n) is 3.47. The summed E-state index contributed by atoms with van der Waals surface area (Å²) in [5.74, 6) is 0.0656. The zero-order valence-electron chi connectivity index (χ0n) is 8.83. The molecule has 1 unspecified atom stereocenters. The van der Waals surface area contributed by atoms with E-state index in [-0.39, 0.29) is 11.6 Å². The third kappa shape index (κ3) is 3.02. The second kappa shape index (κ2) is 5.80. The van der Waals surface area contributed by atoms with Crippen LogP contribution in [0.2, 0.25) is 0 Å². The molecule has 0 amide bonds. The summed E-state index contributed by atoms with van der Waals surface area (Å²) in [5.41, 5.74) is 0.991. The van der Waals surface area contributed by atoms with Gasteiger partial charge in [-0.15, -0.1) is 6.58 Å². The van der Waals surface area contributed by atoms with Gasteiger partial charge in [0.1, 0.15) is 6.29 Å². The van der Waals surface area contributed by atoms with Crippen molar-refractivity contribution < 1.29 is 9.72 Å². The Morgan fingerprint density at radius 1 is 1.31 bits per heavy atom. The summed E-state index contributed by atoms with van der Waals surface area (Å²) in [4.78, 5) is 20.5. The molecular weight excluding hydrogens is 206 g/mol. The van der Waals surface area contributed by atoms with Gasteiger partial charge in [-0.3, -0.25) is 10.1 Å². The predicted molar refractivity (Wildman–Crippen MR) is 61.3 cm³/mol. The fraction of sp³-hybridized carbons (Fsp3) is 0.250. The molecule has 16 heavy (non-hydrogen) atoms. The van der Waals surface area contributed by atoms with Crippen molar-refractivity contribution in [3.05, 3.63) is 52.6 Å². The molecule has 0 aliphatic rings. The molecule has 0 spiro atoms. The Bertz CT molecular complexity index is 374. The molecule has 1 rings (SSSR count). The van der Waals surface area contributed by atoms with Gasteiger partial charge in [-0.1, -0.05) is 18.2 Å². The maximum atomic E-state index is 10.5. The maximum absolute atomic E-state index is 10.5. The van der Waals surface area contributed by atoms with Crippen LogP contribution in [0.3, 0.4) is 0 Å². The van der Waals surface area contributed by atoms with E-state index in [4.69, 9.17) is 0 Å². The zero-order valence-corrected chi connectivity index (χ0v) is 8.83. The van der Waals surface area contributed by atoms with Crippen LogP contribution in [0.1, 0.15) is 24.3 Å². The summed E-state index contributed by atoms with van der Waals surface area (Å²) in [7, 11) is 0. The number of nitro benzene ring substituents is 1. The number of carbonyl (C=O) groups excluding carboxylic acids is 1. The van der Waals surface area contributed by atoms with Gasteiger partial charge in [0.05, 0.1) is 4.92 Å². The highest BCUT2D eigenvalue weighted by Crippen LogP contribution is 2.24. The van der Waals surface area contributed by atoms with Gasteiger partial charge >= 0.3 is 0 Å². The monoisotopic (exact) mass is 219 g/mol. The average Bonchev–Trinajstić information content (AvgIpc) is 2.29. The Balaban J connectivity index is 2.88. The zero-order chi connectivity index (χ0) is 12.0. The van der Waals surface area contributed by atoms with Gasteiger partial charge in [0.25, 0.3) is 5.69 Å². The molecule has 0 heterocycles. The number of hydrogen-bond acceptors (Lipinski definition) is 3. The summed E-state index contributed by atoms with van der Waals surface area (Å²) < 4.78 is 0. The quantitative estimate of drug-likeness (QED) is 0.320. The van der Waals surface area contributed by atoms with Crippen LogP contribution >= 0.6 is 0 Å². The first kappa shape index (κ1) is 12.1. The van der Waals surface area contributed by atoms with Crippen molar-refractivity contribution in [2.24, 2.45) is 0 Å². The lowest BCUT2D eigenvalue weighted by atomic mass is 9.93. The lowest BCUT2D eigenvalue weighted by molar-refractivity contribution is -0.384. The SMILES string of the molecule is C=CCC(CC=O)c1ccc([N+](=O)[O-])cc1. The largest absolute Gasteiger partial charge is 0.303 e. The third-order valence-corrected chi connectivity index (χ3v) is 2.41. The average molecular weight is 219 g/mol. The molecule has 0 N–H and O–H groups in total. The smallest absolute Gasteiger partial charge is 0.269 e. The standard InChI is InChI=1S/C12H13NO3/c1-2-3-10(8-9-14)11-4-6-12(7-5-11)13(15)16/h2,4-7,9-10H,1,3,8H2. The third-order valence-electron chi connectivity index (χ3n) is 2.41. The number of allylic oxidation sites excluding steroid dienone is 1. The molecule has 1 atom stereocenters. The molecule has 0 aromatic heterocycles. The van der Waals surface area contributed by atoms with E-state index in [0.717, 1.165) is 11.8 Å². The van der Waals surface area contributed by atoms with Gasteiger partial charge in [0.15, 0.2) is 0 Å². The van der Waals surface area contributed by atoms with Crippen LogP contribution in [0.4, 0.5) is 5.69 Å². The highest BCUT2D eigenvalue weighted by Gasteiger charge is 2.11. The lowest BCUT2D eigenvalue weighted by Crippen LogP contribution is -1.99. The van der Waals surface area contributed by atoms with Gasteiger partial charge < -0.3 is 4.79 Å². The molecule has 0 aliphatic heterocycles. The van der Waals surface area contributed by atoms with E-state index in [1.54, 1.807) is 18.2 Å². The molecule has 0 saturated heterocycles. The predicted octanol–water partition coefficient (Wildman–Crippen LogP) is 2.84. The first-order valence-electron chi connectivity index (χ1n) is 4.98. The van der Waals surface area contributed by atoms with Crippen molar-refractivity contribution in [2.45, 2.75) is 18.8 Å². The molecule has 1 aromatic carbocycles. The van der Waals surface area contributed by atoms with Crippen LogP contribution in [-0.4, -0.2) is 11.2 Å². The minimum atomic E-state index is -0.438. The number of rotatable bonds is 6. The molecule has 0 saturated carbocycles. The van der Waals surface area contributed by atoms with Crippen LogP contribution in [0.25, 0.3) is 0 Å². The molecule has 4 nitrogen and oxygen atoms in total. The summed E-state index contributed by atoms with van der Waals surface area (Å²) in [6, 6.07) is 6.29. The maximum Gasteiger partial charge on any atom is 0.269 e. The number of benzene rings is 1. The molecule has 0 bridgehead atoms. The number of carbonyl (C=O) groups is 1. The van der Waals surface area contributed by atoms with Crippen molar-refractivity contribution in [1.29, 1.82) is 0 Å². The Kier molecular flexibility index (Phi) is 4.39. The highest BCUT2D eigenvalue weighted by molar-refractivity contribution is 5.52. The van der Waals surface area contributed by atoms with E-state index in [9.17, 15) is 14.9 Å². The first-order chi connectivity index (χ1) is 7.69. The molecule has 4 heteroatoms. The minimum Gasteiger partial charge on any atom is -0.303 e. The Labute approximate surface area is 93.7 Å². The van der Waals surface area contributed by atoms with Gasteiger partial charge in [-0.05, 0) is 17.9 Å². The van der Waals surface area contributed by atoms with Crippen LogP contribution in [-0.2, 0) is 4.79 Å². The van der Waals surface area contributed by atoms with Gasteiger partial charge in [0.2, 0.25) is 0 Å². The molecule has 0 fully saturated rings. The summed E-state index contributed by atoms with van der Waals surface area (Å²) in [6.07, 6.45) is 3.70. The van der Waals surface area contributed by atoms with E-state index >= 15 is 0 Å². The van der Waals surface area contributed by atoms with Crippen LogP contribution in [0.15, 0.2) is 36.9 Å². The summed E-state index contributed by atoms with van der Waals surface area (Å²) >= 11 is 0. The Hall–Kier alpha value is -1.97. The lowest BCUT2D eigenvalue weighted by Gasteiger charge is -2.11. The fourth-order valence-electron chi connectivity index (χ4n) is 1.55. The van der Waals surface area contributed by atoms with E-state index in [1.165, 1.54) is 12.1 Å². The molecule has 0 radical (unpaired) electrons. The minimum absolute atomic E-state index is 0.0622. The first-order valence-corrected chi connectivity index (χ1v) is 4.98. The number of nitro groups is 1. The Morgan fingerprint density at radius 3 is 2.38 bits per heavy atom. The molecule has 84 valence electrons. The highest BCUT2D eigenvalue weighted by atomic mass is 16.6. The summed E-state index contributed by atoms with van der Waals surface area (Å²) in [6.45, 7) is 3.63. The van der Waals surface area contributed by atoms with E-state index in [0.29, 0.717) is 12.8 Å². The van der Waals surface area contributed by atoms with Crippen LogP contribution in [0.5, 0.6) is 0 Å². The van der Waals surface area contributed by atoms with Crippen molar-refractivity contribution in [1.82, 2.24) is 0 Å². The van der Waals surface area contributed by atoms with Gasteiger partial charge in [-0.25, -0.2) is 0 Å². The number of hydrogen-bond donors (Lipinski definition) is 0. The summed E-state index contributed by atoms with van der Waals surface area (Å²) in [5, 5.41) is 10.5. The fourth-order valence-corrected chi connectivity index (χ4v) is 1.55. The normalized spacial score (nSPS) is 11.8. The number of aldehydes is 1. The molecular formula is C12H13NO3. The van der Waals surface area contributed by atoms with Gasteiger partial charge in [0, 0.05) is 18.6 Å². The molecule has 1 aromatic rings. The number of non-ortho nitro benzene ring substituents is 1. The van der Waals surface area contributed by atoms with E-state index < -0.39 is 4.92 Å². The second-order valence-corrected chi connectivity index (χ2v) is 3.47.